The third-order valence-corrected chi connectivity index (χ3v) is 3.15. The summed E-state index contributed by atoms with van der Waals surface area (Å²) in [6, 6.07) is 0. The lowest BCUT2D eigenvalue weighted by Crippen LogP contribution is -2.30. The second kappa shape index (κ2) is 5.61. The molecule has 1 atom stereocenters. The molecule has 2 aliphatic rings. The van der Waals surface area contributed by atoms with Gasteiger partial charge >= 0.3 is 0 Å². The summed E-state index contributed by atoms with van der Waals surface area (Å²) >= 11 is 0. The molecular weight excluding hydrogens is 192 g/mol. The van der Waals surface area contributed by atoms with Crippen molar-refractivity contribution in [1.29, 1.82) is 0 Å². The normalized spacial score (nSPS) is 29.5. The summed E-state index contributed by atoms with van der Waals surface area (Å²) in [5, 5.41) is 17.9. The molecule has 0 heterocycles. The monoisotopic (exact) mass is 214 g/mol. The molecule has 0 bridgehead atoms. The Morgan fingerprint density at radius 2 is 1.80 bits per heavy atom. The van der Waals surface area contributed by atoms with E-state index < -0.39 is 5.79 Å². The van der Waals surface area contributed by atoms with Crippen LogP contribution in [0, 0.1) is 5.92 Å². The second-order valence-electron chi connectivity index (χ2n) is 4.93. The summed E-state index contributed by atoms with van der Waals surface area (Å²) in [4.78, 5) is 10.5. The lowest BCUT2D eigenvalue weighted by Gasteiger charge is -2.25. The Hall–Kier alpha value is -0.410. The van der Waals surface area contributed by atoms with Crippen molar-refractivity contribution in [3.8, 4) is 0 Å². The maximum atomic E-state index is 10.5. The molecule has 3 nitrogen and oxygen atoms in total. The molecule has 1 unspecified atom stereocenters. The minimum Gasteiger partial charge on any atom is -0.366 e. The summed E-state index contributed by atoms with van der Waals surface area (Å²) < 4.78 is 0. The van der Waals surface area contributed by atoms with Crippen molar-refractivity contribution >= 4 is 5.78 Å². The number of hydrogen-bond donors (Lipinski definition) is 2. The molecule has 88 valence electrons. The Bertz CT molecular complexity index is 203. The van der Waals surface area contributed by atoms with Crippen LogP contribution in [0.25, 0.3) is 0 Å². The lowest BCUT2D eigenvalue weighted by atomic mass is 9.95. The van der Waals surface area contributed by atoms with Crippen molar-refractivity contribution < 1.29 is 15.0 Å². The van der Waals surface area contributed by atoms with Gasteiger partial charge in [-0.25, -0.2) is 0 Å². The predicted octanol–water partition coefficient (Wildman–Crippen LogP) is 2.01. The predicted molar refractivity (Wildman–Crippen MR) is 58.3 cm³/mol. The number of hydrogen-bond acceptors (Lipinski definition) is 3. The van der Waals surface area contributed by atoms with Crippen LogP contribution in [-0.4, -0.2) is 21.8 Å². The van der Waals surface area contributed by atoms with E-state index in [1.807, 2.05) is 0 Å². The number of aliphatic hydroxyl groups is 2. The standard InChI is InChI=1S/C6H12O2.C6H10O/c7-6(8)4-2-1-3-5-6;1-5-2-3-6(7)4-5/h7-8H,1-5H2;5H,2-4H2,1H3. The van der Waals surface area contributed by atoms with Crippen LogP contribution in [-0.2, 0) is 4.79 Å². The quantitative estimate of drug-likeness (QED) is 0.606. The van der Waals surface area contributed by atoms with Gasteiger partial charge in [0, 0.05) is 25.7 Å². The van der Waals surface area contributed by atoms with E-state index in [0.29, 0.717) is 24.5 Å². The van der Waals surface area contributed by atoms with Gasteiger partial charge < -0.3 is 10.2 Å². The summed E-state index contributed by atoms with van der Waals surface area (Å²) in [5.41, 5.74) is 0. The fourth-order valence-corrected chi connectivity index (χ4v) is 2.12. The molecule has 3 heteroatoms. The summed E-state index contributed by atoms with van der Waals surface area (Å²) in [6.45, 7) is 2.13. The second-order valence-corrected chi connectivity index (χ2v) is 4.93. The molecule has 2 aliphatic carbocycles. The van der Waals surface area contributed by atoms with E-state index in [2.05, 4.69) is 6.92 Å². The molecule has 0 aromatic heterocycles. The van der Waals surface area contributed by atoms with Gasteiger partial charge in [-0.2, -0.15) is 0 Å². The highest BCUT2D eigenvalue weighted by Gasteiger charge is 2.24. The van der Waals surface area contributed by atoms with Gasteiger partial charge in [0.05, 0.1) is 0 Å². The Morgan fingerprint density at radius 1 is 1.20 bits per heavy atom. The van der Waals surface area contributed by atoms with E-state index in [-0.39, 0.29) is 0 Å². The minimum absolute atomic E-state index is 0.451. The molecule has 0 saturated heterocycles. The van der Waals surface area contributed by atoms with Crippen LogP contribution in [0.4, 0.5) is 0 Å². The van der Waals surface area contributed by atoms with Crippen molar-refractivity contribution in [3.05, 3.63) is 0 Å². The molecule has 15 heavy (non-hydrogen) atoms. The fraction of sp³-hybridized carbons (Fsp3) is 0.917. The Balaban J connectivity index is 0.000000151. The van der Waals surface area contributed by atoms with E-state index in [4.69, 9.17) is 10.2 Å². The zero-order valence-electron chi connectivity index (χ0n) is 9.54. The van der Waals surface area contributed by atoms with Crippen molar-refractivity contribution in [2.75, 3.05) is 0 Å². The van der Waals surface area contributed by atoms with Gasteiger partial charge in [0.25, 0.3) is 0 Å². The molecular formula is C12H22O3. The highest BCUT2D eigenvalue weighted by Crippen LogP contribution is 2.24. The van der Waals surface area contributed by atoms with E-state index in [0.717, 1.165) is 38.5 Å². The molecule has 0 amide bonds. The zero-order valence-corrected chi connectivity index (χ0v) is 9.54. The maximum absolute atomic E-state index is 10.5. The first-order chi connectivity index (χ1) is 6.99. The van der Waals surface area contributed by atoms with Gasteiger partial charge in [0.15, 0.2) is 5.79 Å². The Labute approximate surface area is 91.5 Å². The first-order valence-corrected chi connectivity index (χ1v) is 5.96. The van der Waals surface area contributed by atoms with Crippen molar-refractivity contribution in [1.82, 2.24) is 0 Å². The van der Waals surface area contributed by atoms with E-state index in [9.17, 15) is 4.79 Å². The van der Waals surface area contributed by atoms with Gasteiger partial charge in [-0.15, -0.1) is 0 Å². The molecule has 0 aromatic rings. The molecule has 2 rings (SSSR count). The van der Waals surface area contributed by atoms with Crippen molar-refractivity contribution in [2.45, 2.75) is 64.1 Å². The summed E-state index contributed by atoms with van der Waals surface area (Å²) in [7, 11) is 0. The average Bonchev–Trinajstić information content (AvgIpc) is 2.50. The Morgan fingerprint density at radius 3 is 2.00 bits per heavy atom. The largest absolute Gasteiger partial charge is 0.366 e. The van der Waals surface area contributed by atoms with Crippen LogP contribution < -0.4 is 0 Å². The van der Waals surface area contributed by atoms with Crippen LogP contribution in [0.15, 0.2) is 0 Å². The molecule has 2 saturated carbocycles. The van der Waals surface area contributed by atoms with Crippen LogP contribution in [0.2, 0.25) is 0 Å². The molecule has 2 N–H and O–H groups in total. The van der Waals surface area contributed by atoms with E-state index >= 15 is 0 Å². The number of ketones is 1. The molecule has 0 aromatic carbocycles. The smallest absolute Gasteiger partial charge is 0.162 e. The van der Waals surface area contributed by atoms with Crippen LogP contribution in [0.5, 0.6) is 0 Å². The van der Waals surface area contributed by atoms with Gasteiger partial charge in [0.1, 0.15) is 5.78 Å². The molecule has 0 spiro atoms. The maximum Gasteiger partial charge on any atom is 0.162 e. The van der Waals surface area contributed by atoms with Crippen LogP contribution >= 0.6 is 0 Å². The first-order valence-electron chi connectivity index (χ1n) is 5.96. The number of rotatable bonds is 0. The van der Waals surface area contributed by atoms with Crippen molar-refractivity contribution in [2.24, 2.45) is 5.92 Å². The highest BCUT2D eigenvalue weighted by molar-refractivity contribution is 5.80. The zero-order chi connectivity index (χ0) is 11.3. The highest BCUT2D eigenvalue weighted by atomic mass is 16.5. The SMILES string of the molecule is CC1CCC(=O)C1.OC1(O)CCCCC1. The molecule has 2 fully saturated rings. The molecule has 0 aliphatic heterocycles. The van der Waals surface area contributed by atoms with Gasteiger partial charge in [-0.05, 0) is 25.2 Å². The summed E-state index contributed by atoms with van der Waals surface area (Å²) in [6.07, 6.45) is 7.00. The summed E-state index contributed by atoms with van der Waals surface area (Å²) in [5.74, 6) is -0.196. The van der Waals surface area contributed by atoms with E-state index in [1.54, 1.807) is 0 Å². The van der Waals surface area contributed by atoms with Crippen LogP contribution in [0.3, 0.4) is 0 Å². The number of Topliss-reactive ketones (excluding diaryl/α,β-unsaturated/α-hetero) is 1. The third-order valence-electron chi connectivity index (χ3n) is 3.15. The third kappa shape index (κ3) is 5.28. The molecule has 0 radical (unpaired) electrons. The number of carbonyl (C=O) groups excluding carboxylic acids is 1. The average molecular weight is 214 g/mol. The van der Waals surface area contributed by atoms with E-state index in [1.165, 1.54) is 0 Å². The number of carbonyl (C=O) groups is 1. The van der Waals surface area contributed by atoms with Crippen molar-refractivity contribution in [3.63, 3.8) is 0 Å². The van der Waals surface area contributed by atoms with Gasteiger partial charge in [-0.1, -0.05) is 13.3 Å². The fourth-order valence-electron chi connectivity index (χ4n) is 2.12. The van der Waals surface area contributed by atoms with Gasteiger partial charge in [0.2, 0.25) is 0 Å². The first kappa shape index (κ1) is 12.7. The van der Waals surface area contributed by atoms with Crippen LogP contribution in [0.1, 0.15) is 58.3 Å². The Kier molecular flexibility index (Phi) is 4.74. The lowest BCUT2D eigenvalue weighted by molar-refractivity contribution is -0.180. The topological polar surface area (TPSA) is 57.5 Å². The van der Waals surface area contributed by atoms with Gasteiger partial charge in [-0.3, -0.25) is 4.79 Å². The minimum atomic E-state index is -1.32.